The molecule has 3 aromatic rings. The Hall–Kier alpha value is -3.07. The minimum Gasteiger partial charge on any atom is -0.355 e. The number of nitrogens with one attached hydrogen (secondary N) is 1. The molecule has 4 heterocycles. The van der Waals surface area contributed by atoms with Crippen molar-refractivity contribution in [3.63, 3.8) is 0 Å². The molecule has 0 radical (unpaired) electrons. The highest BCUT2D eigenvalue weighted by Crippen LogP contribution is 2.44. The standard InChI is InChI=1S/C18H18FN7O/c1-9-5-26-6-10(2-13(19)17(26)23-9)24-18(27)14-3-22-15(4-21-14)25-7-11-12(8-25)16(11)20/h2-6,11-12,16H,7-8,20H2,1H3,(H,24,27). The van der Waals surface area contributed by atoms with Crippen LogP contribution >= 0.6 is 0 Å². The van der Waals surface area contributed by atoms with Crippen molar-refractivity contribution in [2.24, 2.45) is 17.6 Å². The number of fused-ring (bicyclic) bond motifs is 2. The molecule has 2 aliphatic rings. The summed E-state index contributed by atoms with van der Waals surface area (Å²) in [4.78, 5) is 27.2. The van der Waals surface area contributed by atoms with E-state index in [9.17, 15) is 9.18 Å². The molecule has 0 spiro atoms. The minimum absolute atomic E-state index is 0.169. The SMILES string of the molecule is Cc1cn2cc(NC(=O)c3cnc(N4CC5C(N)C5C4)cn3)cc(F)c2n1. The van der Waals surface area contributed by atoms with Crippen LogP contribution in [0.15, 0.2) is 30.9 Å². The summed E-state index contributed by atoms with van der Waals surface area (Å²) in [6, 6.07) is 1.55. The Morgan fingerprint density at radius 2 is 2.04 bits per heavy atom. The lowest BCUT2D eigenvalue weighted by Crippen LogP contribution is -2.29. The molecule has 2 fully saturated rings. The molecule has 2 atom stereocenters. The second-order valence-electron chi connectivity index (χ2n) is 7.21. The summed E-state index contributed by atoms with van der Waals surface area (Å²) in [6.07, 6.45) is 6.33. The molecule has 2 unspecified atom stereocenters. The monoisotopic (exact) mass is 367 g/mol. The molecular formula is C18H18FN7O. The maximum absolute atomic E-state index is 14.1. The fourth-order valence-electron chi connectivity index (χ4n) is 3.80. The molecular weight excluding hydrogens is 349 g/mol. The van der Waals surface area contributed by atoms with E-state index >= 15 is 0 Å². The zero-order valence-corrected chi connectivity index (χ0v) is 14.6. The largest absolute Gasteiger partial charge is 0.355 e. The van der Waals surface area contributed by atoms with Crippen LogP contribution in [0.3, 0.4) is 0 Å². The first kappa shape index (κ1) is 16.1. The lowest BCUT2D eigenvalue weighted by molar-refractivity contribution is 0.102. The number of carbonyl (C=O) groups excluding carboxylic acids is 1. The van der Waals surface area contributed by atoms with Crippen molar-refractivity contribution in [3.8, 4) is 0 Å². The summed E-state index contributed by atoms with van der Waals surface area (Å²) in [6.45, 7) is 3.55. The van der Waals surface area contributed by atoms with E-state index < -0.39 is 11.7 Å². The molecule has 138 valence electrons. The Bertz CT molecular complexity index is 1040. The van der Waals surface area contributed by atoms with Gasteiger partial charge in [-0.2, -0.15) is 0 Å². The summed E-state index contributed by atoms with van der Waals surface area (Å²) in [7, 11) is 0. The average Bonchev–Trinajstić information content (AvgIpc) is 3.03. The van der Waals surface area contributed by atoms with Crippen LogP contribution in [0.2, 0.25) is 0 Å². The second-order valence-corrected chi connectivity index (χ2v) is 7.21. The van der Waals surface area contributed by atoms with Gasteiger partial charge in [0.15, 0.2) is 11.5 Å². The van der Waals surface area contributed by atoms with Gasteiger partial charge >= 0.3 is 0 Å². The number of pyridine rings is 1. The molecule has 9 heteroatoms. The van der Waals surface area contributed by atoms with Gasteiger partial charge in [-0.25, -0.2) is 19.3 Å². The topological polar surface area (TPSA) is 101 Å². The quantitative estimate of drug-likeness (QED) is 0.722. The molecule has 5 rings (SSSR count). The van der Waals surface area contributed by atoms with Crippen LogP contribution in [0, 0.1) is 24.6 Å². The summed E-state index contributed by atoms with van der Waals surface area (Å²) in [5.41, 5.74) is 7.35. The van der Waals surface area contributed by atoms with Crippen molar-refractivity contribution in [2.75, 3.05) is 23.3 Å². The molecule has 1 saturated heterocycles. The van der Waals surface area contributed by atoms with E-state index in [2.05, 4.69) is 25.2 Å². The number of aryl methyl sites for hydroxylation is 1. The second kappa shape index (κ2) is 5.71. The van der Waals surface area contributed by atoms with Gasteiger partial charge < -0.3 is 20.4 Å². The van der Waals surface area contributed by atoms with Crippen molar-refractivity contribution >= 4 is 23.1 Å². The van der Waals surface area contributed by atoms with E-state index in [1.165, 1.54) is 12.3 Å². The Morgan fingerprint density at radius 1 is 1.26 bits per heavy atom. The first-order valence-corrected chi connectivity index (χ1v) is 8.78. The lowest BCUT2D eigenvalue weighted by atomic mass is 10.3. The van der Waals surface area contributed by atoms with Gasteiger partial charge in [-0.15, -0.1) is 0 Å². The number of anilines is 2. The van der Waals surface area contributed by atoms with Gasteiger partial charge in [0.2, 0.25) is 0 Å². The van der Waals surface area contributed by atoms with E-state index in [-0.39, 0.29) is 11.3 Å². The van der Waals surface area contributed by atoms with E-state index in [1.54, 1.807) is 29.9 Å². The average molecular weight is 367 g/mol. The number of hydrogen-bond acceptors (Lipinski definition) is 6. The van der Waals surface area contributed by atoms with Gasteiger partial charge in [0.25, 0.3) is 5.91 Å². The lowest BCUT2D eigenvalue weighted by Gasteiger charge is -2.19. The number of halogens is 1. The van der Waals surface area contributed by atoms with Gasteiger partial charge in [0.05, 0.1) is 23.8 Å². The highest BCUT2D eigenvalue weighted by molar-refractivity contribution is 6.02. The smallest absolute Gasteiger partial charge is 0.275 e. The molecule has 8 nitrogen and oxygen atoms in total. The van der Waals surface area contributed by atoms with Gasteiger partial charge in [0, 0.05) is 37.6 Å². The molecule has 0 aromatic carbocycles. The predicted molar refractivity (Wildman–Crippen MR) is 97.0 cm³/mol. The summed E-state index contributed by atoms with van der Waals surface area (Å²) < 4.78 is 15.7. The zero-order chi connectivity index (χ0) is 18.7. The summed E-state index contributed by atoms with van der Waals surface area (Å²) in [5, 5.41) is 2.65. The Morgan fingerprint density at radius 3 is 2.74 bits per heavy atom. The molecule has 3 N–H and O–H groups in total. The normalized spacial score (nSPS) is 23.5. The zero-order valence-electron chi connectivity index (χ0n) is 14.6. The van der Waals surface area contributed by atoms with E-state index in [1.807, 2.05) is 0 Å². The first-order chi connectivity index (χ1) is 13.0. The number of amides is 1. The van der Waals surface area contributed by atoms with Crippen molar-refractivity contribution in [1.29, 1.82) is 0 Å². The van der Waals surface area contributed by atoms with Crippen LogP contribution < -0.4 is 16.0 Å². The third-order valence-corrected chi connectivity index (χ3v) is 5.34. The predicted octanol–water partition coefficient (Wildman–Crippen LogP) is 1.22. The number of nitrogens with two attached hydrogens (primary N) is 1. The van der Waals surface area contributed by atoms with Crippen LogP contribution in [0.25, 0.3) is 5.65 Å². The van der Waals surface area contributed by atoms with E-state index in [0.29, 0.717) is 29.3 Å². The molecule has 1 saturated carbocycles. The number of piperidine rings is 1. The molecule has 27 heavy (non-hydrogen) atoms. The highest BCUT2D eigenvalue weighted by Gasteiger charge is 2.53. The van der Waals surface area contributed by atoms with Crippen molar-refractivity contribution < 1.29 is 9.18 Å². The number of nitrogens with zero attached hydrogens (tertiary/aromatic N) is 5. The maximum Gasteiger partial charge on any atom is 0.275 e. The van der Waals surface area contributed by atoms with Crippen LogP contribution in [-0.2, 0) is 0 Å². The third-order valence-electron chi connectivity index (χ3n) is 5.34. The highest BCUT2D eigenvalue weighted by atomic mass is 19.1. The van der Waals surface area contributed by atoms with Crippen LogP contribution in [0.4, 0.5) is 15.9 Å². The van der Waals surface area contributed by atoms with Crippen molar-refractivity contribution in [2.45, 2.75) is 13.0 Å². The molecule has 3 aromatic heterocycles. The number of imidazole rings is 1. The maximum atomic E-state index is 14.1. The third kappa shape index (κ3) is 2.71. The van der Waals surface area contributed by atoms with E-state index in [0.717, 1.165) is 18.9 Å². The van der Waals surface area contributed by atoms with Crippen LogP contribution in [0.1, 0.15) is 16.2 Å². The van der Waals surface area contributed by atoms with Crippen molar-refractivity contribution in [3.05, 3.63) is 48.1 Å². The minimum atomic E-state index is -0.506. The number of hydrogen-bond donors (Lipinski definition) is 2. The van der Waals surface area contributed by atoms with Crippen LogP contribution in [-0.4, -0.2) is 44.4 Å². The van der Waals surface area contributed by atoms with Gasteiger partial charge in [0.1, 0.15) is 11.5 Å². The van der Waals surface area contributed by atoms with Gasteiger partial charge in [-0.05, 0) is 18.8 Å². The Balaban J connectivity index is 1.31. The number of carbonyl (C=O) groups is 1. The fourth-order valence-corrected chi connectivity index (χ4v) is 3.80. The van der Waals surface area contributed by atoms with Gasteiger partial charge in [-0.1, -0.05) is 0 Å². The van der Waals surface area contributed by atoms with Crippen molar-refractivity contribution in [1.82, 2.24) is 19.4 Å². The van der Waals surface area contributed by atoms with Crippen LogP contribution in [0.5, 0.6) is 0 Å². The van der Waals surface area contributed by atoms with E-state index in [4.69, 9.17) is 5.73 Å². The molecule has 0 bridgehead atoms. The summed E-state index contributed by atoms with van der Waals surface area (Å²) in [5.74, 6) is 0.883. The Kier molecular flexibility index (Phi) is 3.41. The van der Waals surface area contributed by atoms with Gasteiger partial charge in [-0.3, -0.25) is 4.79 Å². The fraction of sp³-hybridized carbons (Fsp3) is 0.333. The first-order valence-electron chi connectivity index (χ1n) is 8.78. The molecule has 1 aliphatic carbocycles. The number of rotatable bonds is 3. The Labute approximate surface area is 154 Å². The molecule has 1 aliphatic heterocycles. The number of aromatic nitrogens is 4. The molecule has 1 amide bonds. The summed E-state index contributed by atoms with van der Waals surface area (Å²) >= 11 is 0.